The normalized spacial score (nSPS) is 18.6. The highest BCUT2D eigenvalue weighted by molar-refractivity contribution is 5.90. The van der Waals surface area contributed by atoms with Crippen molar-refractivity contribution in [1.82, 2.24) is 9.47 Å². The van der Waals surface area contributed by atoms with E-state index in [2.05, 4.69) is 41.6 Å². The van der Waals surface area contributed by atoms with Crippen LogP contribution in [0.15, 0.2) is 54.7 Å². The highest BCUT2D eigenvalue weighted by atomic mass is 16.6. The Hall–Kier alpha value is -2.99. The zero-order valence-corrected chi connectivity index (χ0v) is 19.1. The largest absolute Gasteiger partial charge is 0.497 e. The highest BCUT2D eigenvalue weighted by Gasteiger charge is 2.47. The first-order chi connectivity index (χ1) is 15.5. The minimum Gasteiger partial charge on any atom is -0.497 e. The van der Waals surface area contributed by atoms with Gasteiger partial charge in [-0.1, -0.05) is 18.2 Å². The third-order valence-electron chi connectivity index (χ3n) is 6.88. The van der Waals surface area contributed by atoms with Gasteiger partial charge in [-0.15, -0.1) is 0 Å². The van der Waals surface area contributed by atoms with Gasteiger partial charge in [0.2, 0.25) is 0 Å². The lowest BCUT2D eigenvalue weighted by Crippen LogP contribution is -2.46. The molecular formula is C26H31N3O3. The van der Waals surface area contributed by atoms with Gasteiger partial charge >= 0.3 is 6.09 Å². The van der Waals surface area contributed by atoms with Crippen LogP contribution in [0.3, 0.4) is 0 Å². The van der Waals surface area contributed by atoms with Crippen molar-refractivity contribution in [2.24, 2.45) is 0 Å². The smallest absolute Gasteiger partial charge is 0.415 e. The number of rotatable bonds is 5. The van der Waals surface area contributed by atoms with E-state index in [9.17, 15) is 4.79 Å². The quantitative estimate of drug-likeness (QED) is 0.553. The van der Waals surface area contributed by atoms with Gasteiger partial charge in [-0.25, -0.2) is 4.79 Å². The van der Waals surface area contributed by atoms with Gasteiger partial charge in [0.25, 0.3) is 0 Å². The molecule has 2 saturated heterocycles. The predicted molar refractivity (Wildman–Crippen MR) is 126 cm³/mol. The Bertz CT molecular complexity index is 1110. The van der Waals surface area contributed by atoms with Gasteiger partial charge in [-0.2, -0.15) is 0 Å². The molecule has 0 atom stereocenters. The van der Waals surface area contributed by atoms with Crippen LogP contribution in [0.25, 0.3) is 10.9 Å². The molecule has 3 heterocycles. The molecule has 5 rings (SSSR count). The summed E-state index contributed by atoms with van der Waals surface area (Å²) >= 11 is 0. The van der Waals surface area contributed by atoms with E-state index < -0.39 is 0 Å². The number of carbonyl (C=O) groups excluding carboxylic acids is 1. The number of amides is 1. The number of benzene rings is 2. The number of fused-ring (bicyclic) bond motifs is 1. The van der Waals surface area contributed by atoms with E-state index in [0.29, 0.717) is 12.6 Å². The van der Waals surface area contributed by atoms with Crippen LogP contribution in [0.1, 0.15) is 38.3 Å². The second-order valence-electron chi connectivity index (χ2n) is 9.29. The Morgan fingerprint density at radius 2 is 1.84 bits per heavy atom. The average molecular weight is 434 g/mol. The van der Waals surface area contributed by atoms with Gasteiger partial charge in [0.15, 0.2) is 0 Å². The van der Waals surface area contributed by atoms with E-state index in [4.69, 9.17) is 9.47 Å². The topological polar surface area (TPSA) is 46.9 Å². The first-order valence-electron chi connectivity index (χ1n) is 11.4. The van der Waals surface area contributed by atoms with E-state index in [1.54, 1.807) is 12.0 Å². The molecule has 3 aromatic rings. The molecular weight excluding hydrogens is 402 g/mol. The molecule has 2 aromatic carbocycles. The number of hydrogen-bond donors (Lipinski definition) is 0. The Balaban J connectivity index is 1.30. The highest BCUT2D eigenvalue weighted by Crippen LogP contribution is 2.37. The summed E-state index contributed by atoms with van der Waals surface area (Å²) < 4.78 is 13.7. The van der Waals surface area contributed by atoms with Gasteiger partial charge in [0.05, 0.1) is 19.2 Å². The van der Waals surface area contributed by atoms with Gasteiger partial charge in [-0.05, 0) is 43.7 Å². The molecule has 0 radical (unpaired) electrons. The average Bonchev–Trinajstić information content (AvgIpc) is 3.33. The summed E-state index contributed by atoms with van der Waals surface area (Å²) in [6, 6.07) is 16.5. The van der Waals surface area contributed by atoms with E-state index in [1.165, 1.54) is 16.5 Å². The molecule has 0 unspecified atom stereocenters. The minimum absolute atomic E-state index is 0.224. The lowest BCUT2D eigenvalue weighted by molar-refractivity contribution is -0.000890. The second kappa shape index (κ2) is 8.17. The van der Waals surface area contributed by atoms with Crippen LogP contribution in [-0.4, -0.2) is 47.9 Å². The maximum Gasteiger partial charge on any atom is 0.415 e. The molecule has 32 heavy (non-hydrogen) atoms. The Kier molecular flexibility index (Phi) is 5.33. The van der Waals surface area contributed by atoms with Gasteiger partial charge in [-0.3, -0.25) is 9.80 Å². The third-order valence-corrected chi connectivity index (χ3v) is 6.88. The van der Waals surface area contributed by atoms with Crippen molar-refractivity contribution >= 4 is 22.7 Å². The molecule has 168 valence electrons. The van der Waals surface area contributed by atoms with Crippen LogP contribution in [0, 0.1) is 0 Å². The molecule has 2 aliphatic heterocycles. The van der Waals surface area contributed by atoms with Gasteiger partial charge < -0.3 is 14.0 Å². The van der Waals surface area contributed by atoms with Crippen molar-refractivity contribution < 1.29 is 14.3 Å². The number of carbonyl (C=O) groups is 1. The summed E-state index contributed by atoms with van der Waals surface area (Å²) in [5, 5.41) is 1.28. The van der Waals surface area contributed by atoms with Crippen LogP contribution < -0.4 is 9.64 Å². The molecule has 6 heteroatoms. The Morgan fingerprint density at radius 3 is 2.53 bits per heavy atom. The summed E-state index contributed by atoms with van der Waals surface area (Å²) in [5.74, 6) is 0.884. The number of anilines is 1. The molecule has 2 aliphatic rings. The second-order valence-corrected chi connectivity index (χ2v) is 9.29. The van der Waals surface area contributed by atoms with E-state index >= 15 is 0 Å². The lowest BCUT2D eigenvalue weighted by atomic mass is 9.91. The lowest BCUT2D eigenvalue weighted by Gasteiger charge is -2.37. The standard InChI is InChI=1S/C26H31N3O3/c1-19(2)28-17-20(23-10-9-22(31-3)15-24(23)28)16-27-13-11-26(12-14-27)18-29(25(30)32-26)21-7-5-4-6-8-21/h4-10,15,17,19H,11-14,16,18H2,1-3H3. The molecule has 1 amide bonds. The number of aromatic nitrogens is 1. The third kappa shape index (κ3) is 3.73. The molecule has 2 fully saturated rings. The number of methoxy groups -OCH3 is 1. The first kappa shape index (κ1) is 20.9. The van der Waals surface area contributed by atoms with Gasteiger partial charge in [0.1, 0.15) is 11.4 Å². The molecule has 1 aromatic heterocycles. The number of nitrogens with zero attached hydrogens (tertiary/aromatic N) is 3. The number of hydrogen-bond acceptors (Lipinski definition) is 4. The summed E-state index contributed by atoms with van der Waals surface area (Å²) in [4.78, 5) is 16.8. The van der Waals surface area contributed by atoms with Crippen LogP contribution in [0.2, 0.25) is 0 Å². The fourth-order valence-corrected chi connectivity index (χ4v) is 5.03. The number of ether oxygens (including phenoxy) is 2. The Labute approximate surface area is 189 Å². The molecule has 0 N–H and O–H groups in total. The minimum atomic E-state index is -0.372. The van der Waals surface area contributed by atoms with E-state index in [-0.39, 0.29) is 11.7 Å². The molecule has 0 saturated carbocycles. The van der Waals surface area contributed by atoms with Crippen LogP contribution in [0.4, 0.5) is 10.5 Å². The maximum atomic E-state index is 12.6. The van der Waals surface area contributed by atoms with Crippen LogP contribution >= 0.6 is 0 Å². The van der Waals surface area contributed by atoms with Crippen molar-refractivity contribution in [2.45, 2.75) is 44.9 Å². The number of para-hydroxylation sites is 1. The predicted octanol–water partition coefficient (Wildman–Crippen LogP) is 5.22. The summed E-state index contributed by atoms with van der Waals surface area (Å²) in [5.41, 5.74) is 3.09. The SMILES string of the molecule is COc1ccc2c(CN3CCC4(CC3)CN(c3ccccc3)C(=O)O4)cn(C(C)C)c2c1. The molecule has 0 bridgehead atoms. The van der Waals surface area contributed by atoms with E-state index in [1.807, 2.05) is 36.4 Å². The van der Waals surface area contributed by atoms with Crippen molar-refractivity contribution in [1.29, 1.82) is 0 Å². The fourth-order valence-electron chi connectivity index (χ4n) is 5.03. The summed E-state index contributed by atoms with van der Waals surface area (Å²) in [6.07, 6.45) is 3.78. The maximum absolute atomic E-state index is 12.6. The van der Waals surface area contributed by atoms with Crippen molar-refractivity contribution in [3.63, 3.8) is 0 Å². The fraction of sp³-hybridized carbons (Fsp3) is 0.423. The molecule has 0 aliphatic carbocycles. The zero-order valence-electron chi connectivity index (χ0n) is 19.1. The summed E-state index contributed by atoms with van der Waals surface area (Å²) in [6.45, 7) is 7.78. The summed E-state index contributed by atoms with van der Waals surface area (Å²) in [7, 11) is 1.71. The number of piperidine rings is 1. The Morgan fingerprint density at radius 1 is 1.09 bits per heavy atom. The number of likely N-dealkylation sites (tertiary alicyclic amines) is 1. The van der Waals surface area contributed by atoms with Crippen LogP contribution in [0.5, 0.6) is 5.75 Å². The monoisotopic (exact) mass is 433 g/mol. The van der Waals surface area contributed by atoms with Crippen LogP contribution in [-0.2, 0) is 11.3 Å². The van der Waals surface area contributed by atoms with Crippen molar-refractivity contribution in [2.75, 3.05) is 31.6 Å². The molecule has 1 spiro atoms. The van der Waals surface area contributed by atoms with Gasteiger partial charge in [0, 0.05) is 61.9 Å². The molecule has 6 nitrogen and oxygen atoms in total. The van der Waals surface area contributed by atoms with Crippen molar-refractivity contribution in [3.8, 4) is 5.75 Å². The first-order valence-corrected chi connectivity index (χ1v) is 11.4. The zero-order chi connectivity index (χ0) is 22.3. The van der Waals surface area contributed by atoms with Crippen molar-refractivity contribution in [3.05, 3.63) is 60.3 Å². The van der Waals surface area contributed by atoms with E-state index in [0.717, 1.165) is 43.9 Å².